The number of nitrogens with zero attached hydrogens (tertiary/aromatic N) is 6. The third kappa shape index (κ3) is 8.98. The molecule has 3 N–H and O–H groups in total. The molecular weight excluding hydrogens is 494 g/mol. The van der Waals surface area contributed by atoms with Gasteiger partial charge in [-0.1, -0.05) is 6.42 Å². The summed E-state index contributed by atoms with van der Waals surface area (Å²) in [5.74, 6) is -0.958. The second-order valence-electron chi connectivity index (χ2n) is 9.61. The number of carbonyl (C=O) groups is 4. The molecule has 2 amide bonds. The molecule has 1 aliphatic rings. The maximum Gasteiger partial charge on any atom is 0.323 e. The summed E-state index contributed by atoms with van der Waals surface area (Å²) < 4.78 is 3.13. The molecular formula is C25H37N7O6. The zero-order chi connectivity index (χ0) is 27.5. The predicted octanol–water partition coefficient (Wildman–Crippen LogP) is 0.939. The van der Waals surface area contributed by atoms with Crippen LogP contribution in [-0.4, -0.2) is 88.5 Å². The Labute approximate surface area is 221 Å². The van der Waals surface area contributed by atoms with Gasteiger partial charge in [0, 0.05) is 43.8 Å². The normalized spacial score (nSPS) is 15.2. The van der Waals surface area contributed by atoms with Gasteiger partial charge in [0.25, 0.3) is 0 Å². The topological polar surface area (TPSA) is 163 Å². The monoisotopic (exact) mass is 531 g/mol. The lowest BCUT2D eigenvalue weighted by molar-refractivity contribution is -0.138. The highest BCUT2D eigenvalue weighted by Gasteiger charge is 2.25. The third-order valence-electron chi connectivity index (χ3n) is 6.63. The van der Waals surface area contributed by atoms with Gasteiger partial charge in [0.15, 0.2) is 0 Å². The van der Waals surface area contributed by atoms with E-state index in [4.69, 9.17) is 10.2 Å². The van der Waals surface area contributed by atoms with Crippen molar-refractivity contribution >= 4 is 23.8 Å². The standard InChI is InChI=1S/C25H37N7O6/c1-19-6-5-11-32(19)23(34)14-28-22(33)7-3-2-4-10-29(15-20-26-8-12-30(20)17-24(35)36)16-21-27-9-13-31(21)18-25(37)38/h8-9,12-13,19H,2-7,10-11,14-18H2,1H3,(H,28,33)(H,35,36)(H,37,38). The van der Waals surface area contributed by atoms with E-state index in [1.54, 1.807) is 33.9 Å². The third-order valence-corrected chi connectivity index (χ3v) is 6.63. The van der Waals surface area contributed by atoms with Crippen molar-refractivity contribution in [1.29, 1.82) is 0 Å². The van der Waals surface area contributed by atoms with E-state index in [1.807, 2.05) is 16.7 Å². The molecule has 0 saturated carbocycles. The maximum atomic E-state index is 12.3. The fraction of sp³-hybridized carbons (Fsp3) is 0.600. The molecule has 1 aliphatic heterocycles. The largest absolute Gasteiger partial charge is 0.480 e. The summed E-state index contributed by atoms with van der Waals surface area (Å²) in [6, 6.07) is 0.228. The summed E-state index contributed by atoms with van der Waals surface area (Å²) in [5, 5.41) is 21.1. The molecule has 0 radical (unpaired) electrons. The van der Waals surface area contributed by atoms with E-state index < -0.39 is 11.9 Å². The first-order valence-corrected chi connectivity index (χ1v) is 12.9. The lowest BCUT2D eigenvalue weighted by atomic mass is 10.1. The van der Waals surface area contributed by atoms with Gasteiger partial charge in [-0.3, -0.25) is 24.1 Å². The number of carboxylic acids is 2. The number of likely N-dealkylation sites (tertiary alicyclic amines) is 1. The van der Waals surface area contributed by atoms with Gasteiger partial charge in [-0.15, -0.1) is 0 Å². The molecule has 1 saturated heterocycles. The number of amides is 2. The Kier molecular flexibility index (Phi) is 10.8. The van der Waals surface area contributed by atoms with Crippen LogP contribution >= 0.6 is 0 Å². The molecule has 0 spiro atoms. The minimum atomic E-state index is -0.970. The summed E-state index contributed by atoms with van der Waals surface area (Å²) in [4.78, 5) is 59.3. The van der Waals surface area contributed by atoms with Crippen LogP contribution in [0.15, 0.2) is 24.8 Å². The number of nitrogens with one attached hydrogen (secondary N) is 1. The summed E-state index contributed by atoms with van der Waals surface area (Å²) in [6.07, 6.45) is 10.8. The smallest absolute Gasteiger partial charge is 0.323 e. The van der Waals surface area contributed by atoms with Gasteiger partial charge in [-0.05, 0) is 39.2 Å². The molecule has 1 atom stereocenters. The Balaban J connectivity index is 1.48. The average molecular weight is 532 g/mol. The lowest BCUT2D eigenvalue weighted by Crippen LogP contribution is -2.41. The van der Waals surface area contributed by atoms with E-state index in [1.165, 1.54) is 0 Å². The summed E-state index contributed by atoms with van der Waals surface area (Å²) in [5.41, 5.74) is 0. The molecule has 13 nitrogen and oxygen atoms in total. The maximum absolute atomic E-state index is 12.3. The van der Waals surface area contributed by atoms with Crippen molar-refractivity contribution in [3.05, 3.63) is 36.4 Å². The first kappa shape index (κ1) is 28.8. The van der Waals surface area contributed by atoms with Crippen LogP contribution in [0.25, 0.3) is 0 Å². The van der Waals surface area contributed by atoms with E-state index in [2.05, 4.69) is 15.3 Å². The van der Waals surface area contributed by atoms with Gasteiger partial charge in [0.1, 0.15) is 24.7 Å². The van der Waals surface area contributed by atoms with Crippen molar-refractivity contribution in [1.82, 2.24) is 34.2 Å². The predicted molar refractivity (Wildman–Crippen MR) is 136 cm³/mol. The average Bonchev–Trinajstić information content (AvgIpc) is 3.59. The number of imidazole rings is 2. The minimum absolute atomic E-state index is 0.0307. The van der Waals surface area contributed by atoms with Crippen molar-refractivity contribution in [2.45, 2.75) is 77.7 Å². The second-order valence-corrected chi connectivity index (χ2v) is 9.61. The summed E-state index contributed by atoms with van der Waals surface area (Å²) in [6.45, 7) is 3.73. The molecule has 13 heteroatoms. The van der Waals surface area contributed by atoms with E-state index in [0.717, 1.165) is 32.2 Å². The van der Waals surface area contributed by atoms with Crippen LogP contribution in [0.2, 0.25) is 0 Å². The van der Waals surface area contributed by atoms with Gasteiger partial charge >= 0.3 is 11.9 Å². The SMILES string of the molecule is CC1CCCN1C(=O)CNC(=O)CCCCCN(Cc1nccn1CC(=O)O)Cc1nccn1CC(=O)O. The van der Waals surface area contributed by atoms with Gasteiger partial charge in [-0.2, -0.15) is 0 Å². The molecule has 1 fully saturated rings. The number of carbonyl (C=O) groups excluding carboxylic acids is 2. The summed E-state index contributed by atoms with van der Waals surface area (Å²) in [7, 11) is 0. The van der Waals surface area contributed by atoms with Crippen LogP contribution in [0.4, 0.5) is 0 Å². The van der Waals surface area contributed by atoms with Crippen molar-refractivity contribution in [3.63, 3.8) is 0 Å². The number of aliphatic carboxylic acids is 2. The van der Waals surface area contributed by atoms with Gasteiger partial charge in [-0.25, -0.2) is 9.97 Å². The minimum Gasteiger partial charge on any atom is -0.480 e. The second kappa shape index (κ2) is 14.3. The molecule has 2 aromatic heterocycles. The van der Waals surface area contributed by atoms with Crippen LogP contribution in [0.5, 0.6) is 0 Å². The van der Waals surface area contributed by atoms with Crippen molar-refractivity contribution in [2.24, 2.45) is 0 Å². The number of hydrogen-bond donors (Lipinski definition) is 3. The lowest BCUT2D eigenvalue weighted by Gasteiger charge is -2.22. The number of rotatable bonds is 16. The van der Waals surface area contributed by atoms with Gasteiger partial charge < -0.3 is 29.6 Å². The van der Waals surface area contributed by atoms with E-state index in [-0.39, 0.29) is 37.5 Å². The van der Waals surface area contributed by atoms with E-state index in [9.17, 15) is 19.2 Å². The summed E-state index contributed by atoms with van der Waals surface area (Å²) >= 11 is 0. The van der Waals surface area contributed by atoms with Crippen molar-refractivity contribution < 1.29 is 29.4 Å². The zero-order valence-electron chi connectivity index (χ0n) is 21.8. The van der Waals surface area contributed by atoms with Gasteiger partial charge in [0.05, 0.1) is 19.6 Å². The Morgan fingerprint density at radius 2 is 1.58 bits per heavy atom. The van der Waals surface area contributed by atoms with Crippen LogP contribution < -0.4 is 5.32 Å². The van der Waals surface area contributed by atoms with Crippen LogP contribution in [-0.2, 0) is 45.4 Å². The first-order valence-electron chi connectivity index (χ1n) is 12.9. The molecule has 38 heavy (non-hydrogen) atoms. The quantitative estimate of drug-likeness (QED) is 0.268. The van der Waals surface area contributed by atoms with E-state index in [0.29, 0.717) is 44.1 Å². The van der Waals surface area contributed by atoms with Crippen LogP contribution in [0.3, 0.4) is 0 Å². The van der Waals surface area contributed by atoms with Gasteiger partial charge in [0.2, 0.25) is 11.8 Å². The number of aromatic nitrogens is 4. The fourth-order valence-corrected chi connectivity index (χ4v) is 4.64. The highest BCUT2D eigenvalue weighted by Crippen LogP contribution is 2.16. The fourth-order valence-electron chi connectivity index (χ4n) is 4.64. The molecule has 1 unspecified atom stereocenters. The molecule has 0 aromatic carbocycles. The molecule has 208 valence electrons. The highest BCUT2D eigenvalue weighted by atomic mass is 16.4. The first-order chi connectivity index (χ1) is 18.2. The Hall–Kier alpha value is -3.74. The Bertz CT molecular complexity index is 1040. The Morgan fingerprint density at radius 3 is 2.11 bits per heavy atom. The molecule has 3 heterocycles. The van der Waals surface area contributed by atoms with Crippen molar-refractivity contribution in [3.8, 4) is 0 Å². The molecule has 2 aromatic rings. The van der Waals surface area contributed by atoms with Crippen molar-refractivity contribution in [2.75, 3.05) is 19.6 Å². The Morgan fingerprint density at radius 1 is 0.974 bits per heavy atom. The zero-order valence-corrected chi connectivity index (χ0v) is 21.8. The number of unbranched alkanes of at least 4 members (excludes halogenated alkanes) is 2. The molecule has 0 bridgehead atoms. The number of hydrogen-bond acceptors (Lipinski definition) is 7. The molecule has 0 aliphatic carbocycles. The number of carboxylic acid groups (broad SMARTS) is 2. The highest BCUT2D eigenvalue weighted by molar-refractivity contribution is 5.85. The van der Waals surface area contributed by atoms with Crippen LogP contribution in [0, 0.1) is 0 Å². The van der Waals surface area contributed by atoms with E-state index >= 15 is 0 Å². The molecule has 3 rings (SSSR count). The van der Waals surface area contributed by atoms with Crippen LogP contribution in [0.1, 0.15) is 57.1 Å².